The van der Waals surface area contributed by atoms with Crippen molar-refractivity contribution in [2.75, 3.05) is 5.73 Å². The number of benzene rings is 1. The molecule has 0 saturated heterocycles. The van der Waals surface area contributed by atoms with Gasteiger partial charge in [0.1, 0.15) is 24.0 Å². The molecule has 1 heterocycles. The van der Waals surface area contributed by atoms with Gasteiger partial charge in [0.15, 0.2) is 0 Å². The number of rotatable bonds is 4. The molecular formula is C12H12F2N4O. The third kappa shape index (κ3) is 3.51. The molecule has 2 aromatic rings. The van der Waals surface area contributed by atoms with Gasteiger partial charge in [-0.05, 0) is 12.1 Å². The normalized spacial score (nSPS) is 10.4. The van der Waals surface area contributed by atoms with E-state index >= 15 is 0 Å². The van der Waals surface area contributed by atoms with Crippen molar-refractivity contribution in [2.24, 2.45) is 0 Å². The number of halogens is 2. The summed E-state index contributed by atoms with van der Waals surface area (Å²) in [6.07, 6.45) is 1.56. The number of nitrogen functional groups attached to an aromatic ring is 1. The Morgan fingerprint density at radius 3 is 2.79 bits per heavy atom. The lowest BCUT2D eigenvalue weighted by molar-refractivity contribution is -0.122. The highest BCUT2D eigenvalue weighted by atomic mass is 19.1. The van der Waals surface area contributed by atoms with Crippen molar-refractivity contribution in [3.8, 4) is 0 Å². The monoisotopic (exact) mass is 266 g/mol. The second kappa shape index (κ2) is 5.47. The smallest absolute Gasteiger partial charge is 0.242 e. The predicted molar refractivity (Wildman–Crippen MR) is 64.8 cm³/mol. The first-order valence-electron chi connectivity index (χ1n) is 5.54. The fraction of sp³-hybridized carbons (Fsp3) is 0.167. The number of nitrogens with zero attached hydrogens (tertiary/aromatic N) is 2. The standard InChI is InChI=1S/C12H12F2N4O/c13-9-2-1-8(10(14)5-9)6-16-12(19)7-18-4-3-11(15)17-18/h1-5H,6-7H2,(H2,15,17)(H,16,19). The highest BCUT2D eigenvalue weighted by Gasteiger charge is 2.07. The van der Waals surface area contributed by atoms with Crippen LogP contribution in [-0.2, 0) is 17.9 Å². The highest BCUT2D eigenvalue weighted by molar-refractivity contribution is 5.75. The molecule has 0 aliphatic carbocycles. The minimum atomic E-state index is -0.691. The van der Waals surface area contributed by atoms with Crippen LogP contribution in [0.3, 0.4) is 0 Å². The van der Waals surface area contributed by atoms with Crippen molar-refractivity contribution in [1.82, 2.24) is 15.1 Å². The number of anilines is 1. The van der Waals surface area contributed by atoms with E-state index in [1.807, 2.05) is 0 Å². The highest BCUT2D eigenvalue weighted by Crippen LogP contribution is 2.09. The number of hydrogen-bond donors (Lipinski definition) is 2. The van der Waals surface area contributed by atoms with Crippen LogP contribution in [0.1, 0.15) is 5.56 Å². The number of aromatic nitrogens is 2. The van der Waals surface area contributed by atoms with Crippen LogP contribution in [0.2, 0.25) is 0 Å². The predicted octanol–water partition coefficient (Wildman–Crippen LogP) is 1.06. The van der Waals surface area contributed by atoms with E-state index in [9.17, 15) is 13.6 Å². The summed E-state index contributed by atoms with van der Waals surface area (Å²) in [4.78, 5) is 11.6. The minimum Gasteiger partial charge on any atom is -0.382 e. The molecule has 0 aliphatic rings. The molecule has 1 amide bonds. The maximum atomic E-state index is 13.3. The van der Waals surface area contributed by atoms with Gasteiger partial charge in [0.05, 0.1) is 0 Å². The van der Waals surface area contributed by atoms with Gasteiger partial charge in [-0.2, -0.15) is 5.10 Å². The van der Waals surface area contributed by atoms with Crippen LogP contribution in [0.5, 0.6) is 0 Å². The quantitative estimate of drug-likeness (QED) is 0.869. The third-order valence-corrected chi connectivity index (χ3v) is 2.46. The molecule has 7 heteroatoms. The van der Waals surface area contributed by atoms with E-state index in [1.165, 1.54) is 10.7 Å². The van der Waals surface area contributed by atoms with Crippen LogP contribution >= 0.6 is 0 Å². The lowest BCUT2D eigenvalue weighted by Gasteiger charge is -2.06. The lowest BCUT2D eigenvalue weighted by Crippen LogP contribution is -2.27. The molecule has 0 radical (unpaired) electrons. The van der Waals surface area contributed by atoms with Crippen LogP contribution in [0.15, 0.2) is 30.5 Å². The van der Waals surface area contributed by atoms with Gasteiger partial charge in [-0.25, -0.2) is 8.78 Å². The van der Waals surface area contributed by atoms with Crippen molar-refractivity contribution in [3.63, 3.8) is 0 Å². The van der Waals surface area contributed by atoms with Crippen LogP contribution in [0.4, 0.5) is 14.6 Å². The number of carbonyl (C=O) groups excluding carboxylic acids is 1. The average molecular weight is 266 g/mol. The maximum absolute atomic E-state index is 13.3. The van der Waals surface area contributed by atoms with Crippen molar-refractivity contribution < 1.29 is 13.6 Å². The molecule has 0 spiro atoms. The molecule has 1 aromatic carbocycles. The van der Waals surface area contributed by atoms with E-state index in [0.29, 0.717) is 5.82 Å². The maximum Gasteiger partial charge on any atom is 0.242 e. The van der Waals surface area contributed by atoms with Crippen LogP contribution in [0.25, 0.3) is 0 Å². The number of amides is 1. The zero-order valence-corrected chi connectivity index (χ0v) is 9.94. The number of nitrogens with one attached hydrogen (secondary N) is 1. The summed E-state index contributed by atoms with van der Waals surface area (Å²) in [5.74, 6) is -1.37. The summed E-state index contributed by atoms with van der Waals surface area (Å²) in [5, 5.41) is 6.36. The second-order valence-corrected chi connectivity index (χ2v) is 3.95. The summed E-state index contributed by atoms with van der Waals surface area (Å²) >= 11 is 0. The Balaban J connectivity index is 1.89. The van der Waals surface area contributed by atoms with Gasteiger partial charge in [-0.15, -0.1) is 0 Å². The van der Waals surface area contributed by atoms with Gasteiger partial charge in [-0.3, -0.25) is 9.48 Å². The molecule has 19 heavy (non-hydrogen) atoms. The Kier molecular flexibility index (Phi) is 3.74. The third-order valence-electron chi connectivity index (χ3n) is 2.46. The topological polar surface area (TPSA) is 72.9 Å². The average Bonchev–Trinajstić information content (AvgIpc) is 2.73. The van der Waals surface area contributed by atoms with E-state index in [-0.39, 0.29) is 24.6 Å². The van der Waals surface area contributed by atoms with Gasteiger partial charge in [0, 0.05) is 24.4 Å². The first-order valence-corrected chi connectivity index (χ1v) is 5.54. The molecule has 0 atom stereocenters. The van der Waals surface area contributed by atoms with Crippen molar-refractivity contribution >= 4 is 11.7 Å². The van der Waals surface area contributed by atoms with Crippen molar-refractivity contribution in [1.29, 1.82) is 0 Å². The SMILES string of the molecule is Nc1ccn(CC(=O)NCc2ccc(F)cc2F)n1. The Morgan fingerprint density at radius 1 is 1.37 bits per heavy atom. The van der Waals surface area contributed by atoms with Gasteiger partial charge >= 0.3 is 0 Å². The van der Waals surface area contributed by atoms with Crippen molar-refractivity contribution in [3.05, 3.63) is 47.7 Å². The van der Waals surface area contributed by atoms with E-state index in [0.717, 1.165) is 12.1 Å². The van der Waals surface area contributed by atoms with E-state index in [1.54, 1.807) is 12.3 Å². The Labute approximate surface area is 108 Å². The first-order chi connectivity index (χ1) is 9.04. The first kappa shape index (κ1) is 13.0. The summed E-state index contributed by atoms with van der Waals surface area (Å²) in [6, 6.07) is 4.76. The van der Waals surface area contributed by atoms with E-state index < -0.39 is 11.6 Å². The molecule has 1 aromatic heterocycles. The second-order valence-electron chi connectivity index (χ2n) is 3.95. The van der Waals surface area contributed by atoms with Crippen molar-refractivity contribution in [2.45, 2.75) is 13.1 Å². The van der Waals surface area contributed by atoms with Gasteiger partial charge < -0.3 is 11.1 Å². The molecule has 3 N–H and O–H groups in total. The number of hydrogen-bond acceptors (Lipinski definition) is 3. The van der Waals surface area contributed by atoms with Crippen LogP contribution in [0, 0.1) is 11.6 Å². The molecule has 0 fully saturated rings. The Hall–Kier alpha value is -2.44. The fourth-order valence-corrected chi connectivity index (χ4v) is 1.53. The number of nitrogens with two attached hydrogens (primary N) is 1. The molecule has 0 aliphatic heterocycles. The zero-order chi connectivity index (χ0) is 13.8. The summed E-state index contributed by atoms with van der Waals surface area (Å²) in [7, 11) is 0. The number of carbonyl (C=O) groups is 1. The molecule has 0 bridgehead atoms. The molecule has 0 saturated carbocycles. The Morgan fingerprint density at radius 2 is 2.16 bits per heavy atom. The van der Waals surface area contributed by atoms with Gasteiger partial charge in [0.2, 0.25) is 5.91 Å². The molecular weight excluding hydrogens is 254 g/mol. The van der Waals surface area contributed by atoms with Crippen LogP contribution < -0.4 is 11.1 Å². The summed E-state index contributed by atoms with van der Waals surface area (Å²) < 4.78 is 27.4. The molecule has 100 valence electrons. The zero-order valence-electron chi connectivity index (χ0n) is 9.94. The molecule has 0 unspecified atom stereocenters. The summed E-state index contributed by atoms with van der Waals surface area (Å²) in [6.45, 7) is -0.0261. The molecule has 5 nitrogen and oxygen atoms in total. The Bertz CT molecular complexity index is 597. The minimum absolute atomic E-state index is 0.0122. The van der Waals surface area contributed by atoms with E-state index in [4.69, 9.17) is 5.73 Å². The fourth-order valence-electron chi connectivity index (χ4n) is 1.53. The largest absolute Gasteiger partial charge is 0.382 e. The lowest BCUT2D eigenvalue weighted by atomic mass is 10.2. The van der Waals surface area contributed by atoms with E-state index in [2.05, 4.69) is 10.4 Å². The van der Waals surface area contributed by atoms with Gasteiger partial charge in [0.25, 0.3) is 0 Å². The van der Waals surface area contributed by atoms with Crippen LogP contribution in [-0.4, -0.2) is 15.7 Å². The summed E-state index contributed by atoms with van der Waals surface area (Å²) in [5.41, 5.74) is 5.62. The molecule has 2 rings (SSSR count). The van der Waals surface area contributed by atoms with Gasteiger partial charge in [-0.1, -0.05) is 6.07 Å².